The number of rotatable bonds is 8. The zero-order valence-corrected chi connectivity index (χ0v) is 17.2. The third kappa shape index (κ3) is 6.22. The first-order chi connectivity index (χ1) is 15.3. The molecule has 0 saturated carbocycles. The fraction of sp³-hybridized carbons (Fsp3) is 0.318. The highest BCUT2D eigenvalue weighted by molar-refractivity contribution is 5.83. The van der Waals surface area contributed by atoms with E-state index in [2.05, 4.69) is 10.5 Å². The molecule has 2 amide bonds. The summed E-state index contributed by atoms with van der Waals surface area (Å²) in [6, 6.07) is 10.9. The topological polar surface area (TPSA) is 89.0 Å². The van der Waals surface area contributed by atoms with Crippen molar-refractivity contribution in [3.8, 4) is 11.5 Å². The van der Waals surface area contributed by atoms with Crippen LogP contribution in [0.3, 0.4) is 0 Å². The normalized spacial score (nSPS) is 13.8. The van der Waals surface area contributed by atoms with Crippen LogP contribution >= 0.6 is 0 Å². The summed E-state index contributed by atoms with van der Waals surface area (Å²) in [7, 11) is 0. The van der Waals surface area contributed by atoms with Crippen molar-refractivity contribution in [3.63, 3.8) is 0 Å². The van der Waals surface area contributed by atoms with E-state index in [1.165, 1.54) is 6.21 Å². The molecule has 0 aliphatic carbocycles. The minimum absolute atomic E-state index is 0.163. The molecular formula is C22H22F3N3O4. The molecule has 1 heterocycles. The van der Waals surface area contributed by atoms with Gasteiger partial charge in [0, 0.05) is 12.6 Å². The molecule has 0 fully saturated rings. The van der Waals surface area contributed by atoms with E-state index in [1.807, 2.05) is 18.3 Å². The lowest BCUT2D eigenvalue weighted by atomic mass is 10.0. The van der Waals surface area contributed by atoms with E-state index in [0.29, 0.717) is 23.5 Å². The summed E-state index contributed by atoms with van der Waals surface area (Å²) in [5.41, 5.74) is 4.52. The Bertz CT molecular complexity index is 991. The van der Waals surface area contributed by atoms with E-state index in [9.17, 15) is 22.8 Å². The number of hydrogen-bond acceptors (Lipinski definition) is 5. The minimum atomic E-state index is -5.05. The molecule has 1 aliphatic rings. The quantitative estimate of drug-likeness (QED) is 0.477. The molecule has 0 saturated heterocycles. The summed E-state index contributed by atoms with van der Waals surface area (Å²) in [6.45, 7) is 2.10. The maximum atomic E-state index is 12.7. The van der Waals surface area contributed by atoms with Gasteiger partial charge in [0.05, 0.1) is 12.5 Å². The Balaban J connectivity index is 1.59. The molecule has 0 bridgehead atoms. The van der Waals surface area contributed by atoms with Crippen molar-refractivity contribution >= 4 is 18.0 Å². The number of nitrogens with zero attached hydrogens (tertiary/aromatic N) is 1. The number of aryl methyl sites for hydroxylation is 1. The number of hydrogen-bond donors (Lipinski definition) is 2. The van der Waals surface area contributed by atoms with Gasteiger partial charge in [0.2, 0.25) is 12.7 Å². The van der Waals surface area contributed by atoms with Crippen molar-refractivity contribution in [3.05, 3.63) is 59.2 Å². The summed E-state index contributed by atoms with van der Waals surface area (Å²) in [4.78, 5) is 23.7. The van der Waals surface area contributed by atoms with E-state index in [-0.39, 0.29) is 6.79 Å². The molecule has 1 aliphatic heterocycles. The SMILES string of the molecule is CCc1ccc(C(CC(=O)NN=CCc2ccc3c(c2)OCO3)NC(=O)C(F)(F)F)cc1. The summed E-state index contributed by atoms with van der Waals surface area (Å²) in [6.07, 6.45) is -2.87. The maximum Gasteiger partial charge on any atom is 0.471 e. The lowest BCUT2D eigenvalue weighted by Crippen LogP contribution is -2.40. The van der Waals surface area contributed by atoms with Crippen LogP contribution in [0, 0.1) is 0 Å². The van der Waals surface area contributed by atoms with Crippen molar-refractivity contribution in [2.45, 2.75) is 38.4 Å². The van der Waals surface area contributed by atoms with Crippen LogP contribution in [0.5, 0.6) is 11.5 Å². The second-order valence-electron chi connectivity index (χ2n) is 7.06. The van der Waals surface area contributed by atoms with Crippen LogP contribution in [0.1, 0.15) is 36.1 Å². The van der Waals surface area contributed by atoms with Crippen molar-refractivity contribution in [1.29, 1.82) is 0 Å². The van der Waals surface area contributed by atoms with Crippen molar-refractivity contribution < 1.29 is 32.2 Å². The third-order valence-corrected chi connectivity index (χ3v) is 4.79. The summed E-state index contributed by atoms with van der Waals surface area (Å²) in [5.74, 6) is -1.48. The molecule has 1 unspecified atom stereocenters. The molecule has 10 heteroatoms. The van der Waals surface area contributed by atoms with Crippen molar-refractivity contribution in [1.82, 2.24) is 10.7 Å². The molecule has 2 N–H and O–H groups in total. The second kappa shape index (κ2) is 10.2. The number of alkyl halides is 3. The molecule has 1 atom stereocenters. The largest absolute Gasteiger partial charge is 0.471 e. The first kappa shape index (κ1) is 23.1. The van der Waals surface area contributed by atoms with Crippen LogP contribution in [-0.4, -0.2) is 31.0 Å². The molecule has 2 aromatic rings. The molecule has 170 valence electrons. The molecule has 32 heavy (non-hydrogen) atoms. The average Bonchev–Trinajstić information content (AvgIpc) is 3.23. The number of halogens is 3. The first-order valence-corrected chi connectivity index (χ1v) is 9.91. The van der Waals surface area contributed by atoms with E-state index in [0.717, 1.165) is 17.5 Å². The van der Waals surface area contributed by atoms with Crippen LogP contribution in [-0.2, 0) is 22.4 Å². The number of carbonyl (C=O) groups is 2. The minimum Gasteiger partial charge on any atom is -0.454 e. The smallest absolute Gasteiger partial charge is 0.454 e. The molecule has 0 radical (unpaired) electrons. The lowest BCUT2D eigenvalue weighted by Gasteiger charge is -2.19. The Hall–Kier alpha value is -3.56. The molecule has 7 nitrogen and oxygen atoms in total. The number of hydrazone groups is 1. The Morgan fingerprint density at radius 2 is 1.78 bits per heavy atom. The Morgan fingerprint density at radius 1 is 1.09 bits per heavy atom. The van der Waals surface area contributed by atoms with Crippen LogP contribution in [0.4, 0.5) is 13.2 Å². The van der Waals surface area contributed by atoms with Gasteiger partial charge in [-0.15, -0.1) is 0 Å². The zero-order valence-electron chi connectivity index (χ0n) is 17.2. The highest BCUT2D eigenvalue weighted by atomic mass is 19.4. The van der Waals surface area contributed by atoms with E-state index in [4.69, 9.17) is 9.47 Å². The first-order valence-electron chi connectivity index (χ1n) is 9.91. The Kier molecular flexibility index (Phi) is 7.34. The van der Waals surface area contributed by atoms with E-state index < -0.39 is 30.5 Å². The average molecular weight is 449 g/mol. The number of fused-ring (bicyclic) bond motifs is 1. The number of carbonyl (C=O) groups excluding carboxylic acids is 2. The monoisotopic (exact) mass is 449 g/mol. The summed E-state index contributed by atoms with van der Waals surface area (Å²) < 4.78 is 48.7. The van der Waals surface area contributed by atoms with E-state index in [1.54, 1.807) is 36.4 Å². The van der Waals surface area contributed by atoms with Crippen LogP contribution in [0.2, 0.25) is 0 Å². The highest BCUT2D eigenvalue weighted by Crippen LogP contribution is 2.32. The highest BCUT2D eigenvalue weighted by Gasteiger charge is 2.40. The van der Waals surface area contributed by atoms with Gasteiger partial charge in [-0.1, -0.05) is 37.3 Å². The van der Waals surface area contributed by atoms with Crippen molar-refractivity contribution in [2.24, 2.45) is 5.10 Å². The van der Waals surface area contributed by atoms with Gasteiger partial charge in [-0.05, 0) is 35.2 Å². The van der Waals surface area contributed by atoms with Crippen LogP contribution < -0.4 is 20.2 Å². The maximum absolute atomic E-state index is 12.7. The third-order valence-electron chi connectivity index (χ3n) is 4.79. The molecule has 0 aromatic heterocycles. The Labute approximate surface area is 182 Å². The number of ether oxygens (including phenoxy) is 2. The standard InChI is InChI=1S/C22H22F3N3O4/c1-2-14-3-6-16(7-4-14)17(27-21(30)22(23,24)25)12-20(29)28-26-10-9-15-5-8-18-19(11-15)32-13-31-18/h3-8,10-11,17H,2,9,12-13H2,1H3,(H,27,30)(H,28,29). The number of benzene rings is 2. The van der Waals surface area contributed by atoms with E-state index >= 15 is 0 Å². The van der Waals surface area contributed by atoms with Gasteiger partial charge < -0.3 is 14.8 Å². The fourth-order valence-electron chi connectivity index (χ4n) is 3.05. The second-order valence-corrected chi connectivity index (χ2v) is 7.06. The lowest BCUT2D eigenvalue weighted by molar-refractivity contribution is -0.174. The number of amides is 2. The van der Waals surface area contributed by atoms with Gasteiger partial charge in [-0.2, -0.15) is 18.3 Å². The van der Waals surface area contributed by atoms with Gasteiger partial charge in [0.1, 0.15) is 0 Å². The number of nitrogens with one attached hydrogen (secondary N) is 2. The van der Waals surface area contributed by atoms with Crippen molar-refractivity contribution in [2.75, 3.05) is 6.79 Å². The van der Waals surface area contributed by atoms with Gasteiger partial charge >= 0.3 is 12.1 Å². The Morgan fingerprint density at radius 3 is 2.47 bits per heavy atom. The molecule has 3 rings (SSSR count). The molecule has 0 spiro atoms. The van der Waals surface area contributed by atoms with Gasteiger partial charge in [0.25, 0.3) is 0 Å². The zero-order chi connectivity index (χ0) is 23.1. The predicted molar refractivity (Wildman–Crippen MR) is 110 cm³/mol. The van der Waals surface area contributed by atoms with Gasteiger partial charge in [-0.3, -0.25) is 9.59 Å². The van der Waals surface area contributed by atoms with Gasteiger partial charge in [0.15, 0.2) is 11.5 Å². The molecule has 2 aromatic carbocycles. The predicted octanol–water partition coefficient (Wildman–Crippen LogP) is 3.43. The summed E-state index contributed by atoms with van der Waals surface area (Å²) in [5, 5.41) is 5.71. The van der Waals surface area contributed by atoms with Gasteiger partial charge in [-0.25, -0.2) is 5.43 Å². The fourth-order valence-corrected chi connectivity index (χ4v) is 3.05. The van der Waals surface area contributed by atoms with Crippen LogP contribution in [0.25, 0.3) is 0 Å². The molecular weight excluding hydrogens is 427 g/mol. The van der Waals surface area contributed by atoms with Crippen LogP contribution in [0.15, 0.2) is 47.6 Å². The summed E-state index contributed by atoms with van der Waals surface area (Å²) >= 11 is 0.